The summed E-state index contributed by atoms with van der Waals surface area (Å²) in [4.78, 5) is 0. The first-order valence-corrected chi connectivity index (χ1v) is 6.46. The van der Waals surface area contributed by atoms with Gasteiger partial charge in [-0.2, -0.15) is 0 Å². The van der Waals surface area contributed by atoms with Crippen molar-refractivity contribution in [2.45, 2.75) is 52.2 Å². The van der Waals surface area contributed by atoms with Crippen LogP contribution in [0.15, 0.2) is 24.3 Å². The minimum atomic E-state index is -0.0761. The van der Waals surface area contributed by atoms with E-state index in [0.717, 1.165) is 24.4 Å². The van der Waals surface area contributed by atoms with E-state index < -0.39 is 0 Å². The molecule has 0 amide bonds. The molecule has 1 aromatic carbocycles. The van der Waals surface area contributed by atoms with Crippen molar-refractivity contribution in [3.8, 4) is 0 Å². The van der Waals surface area contributed by atoms with Gasteiger partial charge in [-0.1, -0.05) is 6.07 Å². The highest BCUT2D eigenvalue weighted by atomic mass is 16.5. The molecule has 0 spiro atoms. The lowest BCUT2D eigenvalue weighted by Gasteiger charge is -2.29. The Balaban J connectivity index is 2.49. The third kappa shape index (κ3) is 5.92. The zero-order valence-corrected chi connectivity index (χ0v) is 12.2. The summed E-state index contributed by atoms with van der Waals surface area (Å²) < 4.78 is 5.76. The molecule has 0 aliphatic rings. The Kier molecular flexibility index (Phi) is 4.63. The van der Waals surface area contributed by atoms with E-state index in [9.17, 15) is 0 Å². The fraction of sp³-hybridized carbons (Fsp3) is 0.600. The van der Waals surface area contributed by atoms with Crippen molar-refractivity contribution >= 4 is 11.4 Å². The van der Waals surface area contributed by atoms with E-state index in [1.54, 1.807) is 0 Å². The van der Waals surface area contributed by atoms with Crippen LogP contribution in [0.5, 0.6) is 0 Å². The molecule has 0 heterocycles. The van der Waals surface area contributed by atoms with Crippen molar-refractivity contribution < 1.29 is 4.74 Å². The number of nitrogen functional groups attached to an aromatic ring is 1. The predicted molar refractivity (Wildman–Crippen MR) is 78.9 cm³/mol. The summed E-state index contributed by atoms with van der Waals surface area (Å²) in [5.74, 6) is 0. The third-order valence-corrected chi connectivity index (χ3v) is 2.63. The quantitative estimate of drug-likeness (QED) is 0.784. The molecule has 3 heteroatoms. The minimum Gasteiger partial charge on any atom is -0.399 e. The zero-order chi connectivity index (χ0) is 13.8. The second-order valence-electron chi connectivity index (χ2n) is 6.35. The lowest BCUT2D eigenvalue weighted by molar-refractivity contribution is -0.00846. The number of anilines is 2. The number of nitrogens with one attached hydrogen (secondary N) is 1. The van der Waals surface area contributed by atoms with Crippen molar-refractivity contribution in [2.24, 2.45) is 0 Å². The smallest absolute Gasteiger partial charge is 0.0598 e. The SMILES string of the molecule is CC(C)(CCOC(C)(C)C)Nc1cccc(N)c1. The number of nitrogens with two attached hydrogens (primary N) is 1. The van der Waals surface area contributed by atoms with Gasteiger partial charge in [-0.3, -0.25) is 0 Å². The molecule has 0 aliphatic heterocycles. The van der Waals surface area contributed by atoms with Gasteiger partial charge in [0.2, 0.25) is 0 Å². The summed E-state index contributed by atoms with van der Waals surface area (Å²) in [5, 5.41) is 3.49. The van der Waals surface area contributed by atoms with Crippen molar-refractivity contribution in [1.82, 2.24) is 0 Å². The summed E-state index contributed by atoms with van der Waals surface area (Å²) in [6.45, 7) is 11.3. The van der Waals surface area contributed by atoms with Crippen LogP contribution in [0.4, 0.5) is 11.4 Å². The Hall–Kier alpha value is -1.22. The predicted octanol–water partition coefficient (Wildman–Crippen LogP) is 3.66. The van der Waals surface area contributed by atoms with Crippen LogP contribution in [-0.2, 0) is 4.74 Å². The molecule has 3 N–H and O–H groups in total. The molecule has 0 aromatic heterocycles. The first-order valence-electron chi connectivity index (χ1n) is 6.46. The molecular formula is C15H26N2O. The second-order valence-corrected chi connectivity index (χ2v) is 6.35. The van der Waals surface area contributed by atoms with E-state index in [0.29, 0.717) is 0 Å². The van der Waals surface area contributed by atoms with E-state index in [1.807, 2.05) is 24.3 Å². The van der Waals surface area contributed by atoms with Gasteiger partial charge in [-0.25, -0.2) is 0 Å². The molecule has 1 aromatic rings. The topological polar surface area (TPSA) is 47.3 Å². The van der Waals surface area contributed by atoms with E-state index in [-0.39, 0.29) is 11.1 Å². The van der Waals surface area contributed by atoms with Gasteiger partial charge in [0.05, 0.1) is 5.60 Å². The van der Waals surface area contributed by atoms with Crippen LogP contribution >= 0.6 is 0 Å². The van der Waals surface area contributed by atoms with Gasteiger partial charge in [0.15, 0.2) is 0 Å². The Morgan fingerprint density at radius 1 is 1.17 bits per heavy atom. The first kappa shape index (κ1) is 14.8. The standard InChI is InChI=1S/C15H26N2O/c1-14(2,3)18-10-9-15(4,5)17-13-8-6-7-12(16)11-13/h6-8,11,17H,9-10,16H2,1-5H3. The van der Waals surface area contributed by atoms with Crippen LogP contribution in [0, 0.1) is 0 Å². The molecule has 0 atom stereocenters. The highest BCUT2D eigenvalue weighted by Crippen LogP contribution is 2.21. The largest absolute Gasteiger partial charge is 0.399 e. The monoisotopic (exact) mass is 250 g/mol. The van der Waals surface area contributed by atoms with Gasteiger partial charge in [0.25, 0.3) is 0 Å². The first-order chi connectivity index (χ1) is 8.18. The third-order valence-electron chi connectivity index (χ3n) is 2.63. The summed E-state index contributed by atoms with van der Waals surface area (Å²) in [5.41, 5.74) is 7.51. The maximum Gasteiger partial charge on any atom is 0.0598 e. The van der Waals surface area contributed by atoms with Gasteiger partial charge in [-0.05, 0) is 59.2 Å². The molecule has 102 valence electrons. The van der Waals surface area contributed by atoms with E-state index >= 15 is 0 Å². The molecular weight excluding hydrogens is 224 g/mol. The van der Waals surface area contributed by atoms with Crippen LogP contribution < -0.4 is 11.1 Å². The minimum absolute atomic E-state index is 0.0148. The Bertz CT molecular complexity index is 380. The fourth-order valence-electron chi connectivity index (χ4n) is 1.68. The van der Waals surface area contributed by atoms with Gasteiger partial charge < -0.3 is 15.8 Å². The molecule has 0 radical (unpaired) electrons. The van der Waals surface area contributed by atoms with Crippen molar-refractivity contribution in [1.29, 1.82) is 0 Å². The maximum atomic E-state index is 5.77. The van der Waals surface area contributed by atoms with Gasteiger partial charge >= 0.3 is 0 Å². The molecule has 3 nitrogen and oxygen atoms in total. The van der Waals surface area contributed by atoms with Gasteiger partial charge in [0, 0.05) is 23.5 Å². The number of hydrogen-bond donors (Lipinski definition) is 2. The van der Waals surface area contributed by atoms with Crippen molar-refractivity contribution in [3.05, 3.63) is 24.3 Å². The summed E-state index contributed by atoms with van der Waals surface area (Å²) in [6.07, 6.45) is 0.944. The highest BCUT2D eigenvalue weighted by Gasteiger charge is 2.19. The second kappa shape index (κ2) is 5.61. The maximum absolute atomic E-state index is 5.77. The number of rotatable bonds is 5. The zero-order valence-electron chi connectivity index (χ0n) is 12.2. The average molecular weight is 250 g/mol. The summed E-state index contributed by atoms with van der Waals surface area (Å²) in [7, 11) is 0. The van der Waals surface area contributed by atoms with E-state index in [2.05, 4.69) is 39.9 Å². The molecule has 1 rings (SSSR count). The Labute approximate surface area is 111 Å². The Morgan fingerprint density at radius 2 is 1.83 bits per heavy atom. The lowest BCUT2D eigenvalue weighted by atomic mass is 10.0. The molecule has 0 bridgehead atoms. The molecule has 18 heavy (non-hydrogen) atoms. The number of benzene rings is 1. The van der Waals surface area contributed by atoms with E-state index in [1.165, 1.54) is 0 Å². The van der Waals surface area contributed by atoms with Crippen LogP contribution in [0.25, 0.3) is 0 Å². The van der Waals surface area contributed by atoms with Gasteiger partial charge in [-0.15, -0.1) is 0 Å². The summed E-state index contributed by atoms with van der Waals surface area (Å²) >= 11 is 0. The molecule has 0 unspecified atom stereocenters. The average Bonchev–Trinajstić information content (AvgIpc) is 2.13. The van der Waals surface area contributed by atoms with Crippen LogP contribution in [0.2, 0.25) is 0 Å². The van der Waals surface area contributed by atoms with Crippen molar-refractivity contribution in [3.63, 3.8) is 0 Å². The van der Waals surface area contributed by atoms with Crippen LogP contribution in [0.1, 0.15) is 41.0 Å². The number of ether oxygens (including phenoxy) is 1. The fourth-order valence-corrected chi connectivity index (χ4v) is 1.68. The van der Waals surface area contributed by atoms with E-state index in [4.69, 9.17) is 10.5 Å². The molecule has 0 saturated heterocycles. The molecule has 0 saturated carbocycles. The van der Waals surface area contributed by atoms with Crippen LogP contribution in [0.3, 0.4) is 0 Å². The Morgan fingerprint density at radius 3 is 2.39 bits per heavy atom. The van der Waals surface area contributed by atoms with Gasteiger partial charge in [0.1, 0.15) is 0 Å². The van der Waals surface area contributed by atoms with Crippen molar-refractivity contribution in [2.75, 3.05) is 17.7 Å². The summed E-state index contributed by atoms with van der Waals surface area (Å²) in [6, 6.07) is 7.83. The molecule has 0 aliphatic carbocycles. The highest BCUT2D eigenvalue weighted by molar-refractivity contribution is 5.55. The lowest BCUT2D eigenvalue weighted by Crippen LogP contribution is -2.33. The number of hydrogen-bond acceptors (Lipinski definition) is 3. The van der Waals surface area contributed by atoms with Crippen LogP contribution in [-0.4, -0.2) is 17.7 Å². The molecule has 0 fully saturated rings. The normalized spacial score (nSPS) is 12.5.